The number of hydrogen-bond donors (Lipinski definition) is 1. The van der Waals surface area contributed by atoms with Gasteiger partial charge in [0.2, 0.25) is 0 Å². The Kier molecular flexibility index (Phi) is 4.08. The van der Waals surface area contributed by atoms with Crippen molar-refractivity contribution < 1.29 is 9.23 Å². The monoisotopic (exact) mass is 231 g/mol. The Balaban J connectivity index is 2.51. The van der Waals surface area contributed by atoms with Crippen LogP contribution in [0.1, 0.15) is 26.3 Å². The van der Waals surface area contributed by atoms with Crippen molar-refractivity contribution in [3.05, 3.63) is 34.6 Å². The quantitative estimate of drug-likeness (QED) is 0.806. The molecule has 2 nitrogen and oxygen atoms in total. The van der Waals surface area contributed by atoms with Gasteiger partial charge in [0, 0.05) is 11.6 Å². The molecule has 1 aromatic rings. The van der Waals surface area contributed by atoms with Crippen molar-refractivity contribution in [2.45, 2.75) is 32.9 Å². The molecule has 0 aromatic heterocycles. The van der Waals surface area contributed by atoms with E-state index in [4.69, 9.17) is 16.4 Å². The highest BCUT2D eigenvalue weighted by molar-refractivity contribution is 6.30. The van der Waals surface area contributed by atoms with Crippen molar-refractivity contribution in [3.63, 3.8) is 0 Å². The van der Waals surface area contributed by atoms with Crippen molar-refractivity contribution in [1.82, 2.24) is 5.48 Å². The molecule has 0 heterocycles. The van der Waals surface area contributed by atoms with E-state index in [9.17, 15) is 4.39 Å². The smallest absolute Gasteiger partial charge is 0.125 e. The first-order valence-electron chi connectivity index (χ1n) is 4.73. The number of nitrogens with one attached hydrogen (secondary N) is 1. The third kappa shape index (κ3) is 5.11. The van der Waals surface area contributed by atoms with Crippen LogP contribution in [-0.2, 0) is 11.4 Å². The van der Waals surface area contributed by atoms with Crippen molar-refractivity contribution in [3.8, 4) is 0 Å². The van der Waals surface area contributed by atoms with E-state index in [-0.39, 0.29) is 11.4 Å². The van der Waals surface area contributed by atoms with Gasteiger partial charge in [-0.25, -0.2) is 4.39 Å². The fourth-order valence-electron chi connectivity index (χ4n) is 1.05. The summed E-state index contributed by atoms with van der Waals surface area (Å²) < 4.78 is 12.9. The molecule has 0 atom stereocenters. The molecule has 4 heteroatoms. The van der Waals surface area contributed by atoms with E-state index in [1.807, 2.05) is 20.8 Å². The Morgan fingerprint density at radius 2 is 2.00 bits per heavy atom. The molecular weight excluding hydrogens is 217 g/mol. The molecule has 0 unspecified atom stereocenters. The van der Waals surface area contributed by atoms with Gasteiger partial charge in [0.1, 0.15) is 5.82 Å². The summed E-state index contributed by atoms with van der Waals surface area (Å²) in [6.07, 6.45) is 0. The summed E-state index contributed by atoms with van der Waals surface area (Å²) in [7, 11) is 0. The Hall–Kier alpha value is -0.640. The standard InChI is InChI=1S/C11H15ClFNO/c1-11(2,3)15-14-7-8-4-9(12)6-10(13)5-8/h4-6,14H,7H2,1-3H3. The van der Waals surface area contributed by atoms with E-state index in [1.165, 1.54) is 12.1 Å². The van der Waals surface area contributed by atoms with Gasteiger partial charge in [-0.3, -0.25) is 4.84 Å². The zero-order valence-corrected chi connectivity index (χ0v) is 9.86. The van der Waals surface area contributed by atoms with E-state index in [0.29, 0.717) is 11.6 Å². The van der Waals surface area contributed by atoms with Crippen LogP contribution in [0.2, 0.25) is 5.02 Å². The first kappa shape index (κ1) is 12.4. The van der Waals surface area contributed by atoms with Gasteiger partial charge in [-0.2, -0.15) is 5.48 Å². The van der Waals surface area contributed by atoms with Crippen LogP contribution >= 0.6 is 11.6 Å². The first-order valence-corrected chi connectivity index (χ1v) is 5.10. The number of rotatable bonds is 3. The molecule has 0 spiro atoms. The summed E-state index contributed by atoms with van der Waals surface area (Å²) in [6.45, 7) is 6.21. The highest BCUT2D eigenvalue weighted by Crippen LogP contribution is 2.14. The molecule has 84 valence electrons. The Bertz CT molecular complexity index is 316. The largest absolute Gasteiger partial charge is 0.296 e. The van der Waals surface area contributed by atoms with Crippen LogP contribution in [0, 0.1) is 5.82 Å². The third-order valence-electron chi connectivity index (χ3n) is 1.58. The van der Waals surface area contributed by atoms with Gasteiger partial charge >= 0.3 is 0 Å². The predicted octanol–water partition coefficient (Wildman–Crippen LogP) is 3.30. The van der Waals surface area contributed by atoms with E-state index in [0.717, 1.165) is 5.56 Å². The highest BCUT2D eigenvalue weighted by atomic mass is 35.5. The average molecular weight is 232 g/mol. The van der Waals surface area contributed by atoms with Crippen molar-refractivity contribution in [2.75, 3.05) is 0 Å². The topological polar surface area (TPSA) is 21.3 Å². The van der Waals surface area contributed by atoms with E-state index in [1.54, 1.807) is 6.07 Å². The van der Waals surface area contributed by atoms with Crippen LogP contribution in [0.3, 0.4) is 0 Å². The average Bonchev–Trinajstić information content (AvgIpc) is 1.99. The van der Waals surface area contributed by atoms with Crippen LogP contribution in [0.15, 0.2) is 18.2 Å². The lowest BCUT2D eigenvalue weighted by atomic mass is 10.2. The molecule has 15 heavy (non-hydrogen) atoms. The van der Waals surface area contributed by atoms with Crippen molar-refractivity contribution >= 4 is 11.6 Å². The van der Waals surface area contributed by atoms with Gasteiger partial charge in [0.15, 0.2) is 0 Å². The molecule has 0 aliphatic heterocycles. The number of benzene rings is 1. The fraction of sp³-hybridized carbons (Fsp3) is 0.455. The molecule has 0 amide bonds. The molecule has 1 rings (SSSR count). The third-order valence-corrected chi connectivity index (χ3v) is 1.80. The lowest BCUT2D eigenvalue weighted by Crippen LogP contribution is -2.28. The summed E-state index contributed by atoms with van der Waals surface area (Å²) in [6, 6.07) is 4.39. The van der Waals surface area contributed by atoms with Crippen LogP contribution < -0.4 is 5.48 Å². The summed E-state index contributed by atoms with van der Waals surface area (Å²) in [5.74, 6) is -0.338. The minimum atomic E-state index is -0.338. The van der Waals surface area contributed by atoms with E-state index >= 15 is 0 Å². The summed E-state index contributed by atoms with van der Waals surface area (Å²) in [5, 5.41) is 0.391. The maximum absolute atomic E-state index is 12.9. The lowest BCUT2D eigenvalue weighted by Gasteiger charge is -2.19. The van der Waals surface area contributed by atoms with Gasteiger partial charge in [-0.05, 0) is 44.5 Å². The molecule has 0 radical (unpaired) electrons. The molecule has 0 bridgehead atoms. The van der Waals surface area contributed by atoms with Crippen molar-refractivity contribution in [1.29, 1.82) is 0 Å². The molecule has 0 fully saturated rings. The predicted molar refractivity (Wildman–Crippen MR) is 59.1 cm³/mol. The number of hydroxylamine groups is 1. The van der Waals surface area contributed by atoms with Gasteiger partial charge in [-0.1, -0.05) is 11.6 Å². The molecule has 1 N–H and O–H groups in total. The minimum Gasteiger partial charge on any atom is -0.296 e. The fourth-order valence-corrected chi connectivity index (χ4v) is 1.29. The zero-order chi connectivity index (χ0) is 11.5. The summed E-state index contributed by atoms with van der Waals surface area (Å²) in [5.41, 5.74) is 3.26. The zero-order valence-electron chi connectivity index (χ0n) is 9.10. The van der Waals surface area contributed by atoms with E-state index < -0.39 is 0 Å². The highest BCUT2D eigenvalue weighted by Gasteiger charge is 2.09. The number of halogens is 2. The molecule has 1 aromatic carbocycles. The van der Waals surface area contributed by atoms with Crippen molar-refractivity contribution in [2.24, 2.45) is 0 Å². The Labute approximate surface area is 94.3 Å². The van der Waals surface area contributed by atoms with E-state index in [2.05, 4.69) is 5.48 Å². The van der Waals surface area contributed by atoms with Crippen LogP contribution in [0.5, 0.6) is 0 Å². The Morgan fingerprint density at radius 3 is 2.53 bits per heavy atom. The molecule has 0 aliphatic rings. The molecule has 0 aliphatic carbocycles. The van der Waals surface area contributed by atoms with Crippen LogP contribution in [-0.4, -0.2) is 5.60 Å². The first-order chi connectivity index (χ1) is 6.87. The number of hydrogen-bond acceptors (Lipinski definition) is 2. The van der Waals surface area contributed by atoms with Gasteiger partial charge < -0.3 is 0 Å². The van der Waals surface area contributed by atoms with Crippen LogP contribution in [0.25, 0.3) is 0 Å². The molecule has 0 saturated heterocycles. The van der Waals surface area contributed by atoms with Crippen LogP contribution in [0.4, 0.5) is 4.39 Å². The second kappa shape index (κ2) is 4.92. The Morgan fingerprint density at radius 1 is 1.33 bits per heavy atom. The van der Waals surface area contributed by atoms with Gasteiger partial charge in [-0.15, -0.1) is 0 Å². The lowest BCUT2D eigenvalue weighted by molar-refractivity contribution is -0.0757. The van der Waals surface area contributed by atoms with Gasteiger partial charge in [0.05, 0.1) is 5.60 Å². The van der Waals surface area contributed by atoms with Gasteiger partial charge in [0.25, 0.3) is 0 Å². The maximum Gasteiger partial charge on any atom is 0.125 e. The minimum absolute atomic E-state index is 0.267. The summed E-state index contributed by atoms with van der Waals surface area (Å²) in [4.78, 5) is 5.30. The SMILES string of the molecule is CC(C)(C)ONCc1cc(F)cc(Cl)c1. The molecular formula is C11H15ClFNO. The normalized spacial score (nSPS) is 11.8. The molecule has 0 saturated carbocycles. The second-order valence-electron chi connectivity index (χ2n) is 4.31. The summed E-state index contributed by atoms with van der Waals surface area (Å²) >= 11 is 5.71. The maximum atomic E-state index is 12.9. The second-order valence-corrected chi connectivity index (χ2v) is 4.75.